The van der Waals surface area contributed by atoms with Crippen LogP contribution in [-0.2, 0) is 0 Å². The van der Waals surface area contributed by atoms with Crippen molar-refractivity contribution in [1.29, 1.82) is 0 Å². The molecule has 0 atom stereocenters. The third kappa shape index (κ3) is 4.74. The first-order valence-corrected chi connectivity index (χ1v) is 10.1. The third-order valence-corrected chi connectivity index (χ3v) is 5.04. The van der Waals surface area contributed by atoms with E-state index in [0.29, 0.717) is 23.1 Å². The van der Waals surface area contributed by atoms with Gasteiger partial charge in [0.2, 0.25) is 10.9 Å². The second-order valence-corrected chi connectivity index (χ2v) is 7.35. The number of aromatic nitrogens is 1. The molecule has 3 rings (SSSR count). The molecule has 30 heavy (non-hydrogen) atoms. The van der Waals surface area contributed by atoms with Crippen molar-refractivity contribution in [1.82, 2.24) is 4.98 Å². The Morgan fingerprint density at radius 3 is 2.77 bits per heavy atom. The maximum atomic E-state index is 11.4. The highest BCUT2D eigenvalue weighted by molar-refractivity contribution is 7.14. The Labute approximate surface area is 178 Å². The van der Waals surface area contributed by atoms with Crippen LogP contribution in [0.3, 0.4) is 0 Å². The number of thiazole rings is 1. The van der Waals surface area contributed by atoms with E-state index < -0.39 is 4.92 Å². The van der Waals surface area contributed by atoms with Crippen LogP contribution in [0.15, 0.2) is 40.8 Å². The fourth-order valence-corrected chi connectivity index (χ4v) is 3.66. The van der Waals surface area contributed by atoms with E-state index in [0.717, 1.165) is 16.8 Å². The van der Waals surface area contributed by atoms with Gasteiger partial charge < -0.3 is 9.47 Å². The molecule has 1 N–H and O–H groups in total. The molecule has 0 aliphatic carbocycles. The molecule has 9 heteroatoms. The number of ether oxygens (including phenoxy) is 2. The Kier molecular flexibility index (Phi) is 6.63. The minimum atomic E-state index is -0.511. The molecule has 0 aliphatic rings. The van der Waals surface area contributed by atoms with E-state index in [1.54, 1.807) is 13.0 Å². The first-order valence-electron chi connectivity index (χ1n) is 9.24. The van der Waals surface area contributed by atoms with Gasteiger partial charge in [0.1, 0.15) is 0 Å². The molecule has 0 saturated carbocycles. The van der Waals surface area contributed by atoms with E-state index in [1.807, 2.05) is 5.38 Å². The average Bonchev–Trinajstić information content (AvgIpc) is 3.16. The number of hydrazone groups is 1. The molecule has 0 spiro atoms. The summed E-state index contributed by atoms with van der Waals surface area (Å²) < 4.78 is 10.6. The third-order valence-electron chi connectivity index (χ3n) is 4.29. The van der Waals surface area contributed by atoms with Crippen molar-refractivity contribution in [2.24, 2.45) is 5.10 Å². The lowest BCUT2D eigenvalue weighted by Gasteiger charge is -2.10. The summed E-state index contributed by atoms with van der Waals surface area (Å²) in [6.45, 7) is 6.26. The SMILES string of the molecule is CCOc1cc(/C=N\Nc2nc(-c3ccc(C)cc3C)cs2)cc([N+](=O)[O-])c1OC. The monoisotopic (exact) mass is 426 g/mol. The normalized spacial score (nSPS) is 10.9. The maximum absolute atomic E-state index is 11.4. The highest BCUT2D eigenvalue weighted by Crippen LogP contribution is 2.37. The van der Waals surface area contributed by atoms with Gasteiger partial charge in [-0.3, -0.25) is 15.5 Å². The average molecular weight is 426 g/mol. The van der Waals surface area contributed by atoms with Gasteiger partial charge in [-0.25, -0.2) is 4.98 Å². The fraction of sp³-hybridized carbons (Fsp3) is 0.238. The molecule has 0 saturated heterocycles. The van der Waals surface area contributed by atoms with Crippen molar-refractivity contribution >= 4 is 28.4 Å². The number of nitro groups is 1. The maximum Gasteiger partial charge on any atom is 0.315 e. The molecule has 0 aliphatic heterocycles. The van der Waals surface area contributed by atoms with Gasteiger partial charge in [-0.1, -0.05) is 23.8 Å². The largest absolute Gasteiger partial charge is 0.490 e. The number of rotatable bonds is 8. The predicted octanol–water partition coefficient (Wildman–Crippen LogP) is 5.19. The fourth-order valence-electron chi connectivity index (χ4n) is 3.00. The quantitative estimate of drug-likeness (QED) is 0.302. The Morgan fingerprint density at radius 2 is 2.10 bits per heavy atom. The van der Waals surface area contributed by atoms with Crippen molar-refractivity contribution in [2.45, 2.75) is 20.8 Å². The van der Waals surface area contributed by atoms with E-state index in [1.165, 1.54) is 36.3 Å². The summed E-state index contributed by atoms with van der Waals surface area (Å²) in [6, 6.07) is 9.25. The molecule has 0 radical (unpaired) electrons. The molecule has 0 unspecified atom stereocenters. The highest BCUT2D eigenvalue weighted by Gasteiger charge is 2.21. The Hall–Kier alpha value is -3.46. The summed E-state index contributed by atoms with van der Waals surface area (Å²) in [4.78, 5) is 15.4. The highest BCUT2D eigenvalue weighted by atomic mass is 32.1. The van der Waals surface area contributed by atoms with Gasteiger partial charge in [0.15, 0.2) is 5.75 Å². The number of nitrogens with one attached hydrogen (secondary N) is 1. The first kappa shape index (κ1) is 21.3. The van der Waals surface area contributed by atoms with E-state index >= 15 is 0 Å². The van der Waals surface area contributed by atoms with Crippen LogP contribution in [0.2, 0.25) is 0 Å². The van der Waals surface area contributed by atoms with Crippen LogP contribution in [-0.4, -0.2) is 29.8 Å². The molecule has 0 bridgehead atoms. The van der Waals surface area contributed by atoms with Gasteiger partial charge >= 0.3 is 5.69 Å². The smallest absolute Gasteiger partial charge is 0.315 e. The summed E-state index contributed by atoms with van der Waals surface area (Å²) in [6.07, 6.45) is 1.48. The van der Waals surface area contributed by atoms with Crippen LogP contribution in [0.4, 0.5) is 10.8 Å². The van der Waals surface area contributed by atoms with Crippen molar-refractivity contribution in [3.05, 3.63) is 62.5 Å². The summed E-state index contributed by atoms with van der Waals surface area (Å²) in [5, 5.41) is 18.1. The number of hydrogen-bond acceptors (Lipinski definition) is 8. The van der Waals surface area contributed by atoms with E-state index in [-0.39, 0.29) is 11.4 Å². The van der Waals surface area contributed by atoms with E-state index in [2.05, 4.69) is 47.6 Å². The zero-order valence-electron chi connectivity index (χ0n) is 17.1. The molecule has 8 nitrogen and oxygen atoms in total. The minimum absolute atomic E-state index is 0.0880. The second kappa shape index (κ2) is 9.36. The van der Waals surface area contributed by atoms with Gasteiger partial charge in [0.25, 0.3) is 0 Å². The number of methoxy groups -OCH3 is 1. The number of nitro benzene ring substituents is 1. The number of anilines is 1. The minimum Gasteiger partial charge on any atom is -0.490 e. The molecule has 0 fully saturated rings. The Morgan fingerprint density at radius 1 is 1.30 bits per heavy atom. The van der Waals surface area contributed by atoms with E-state index in [9.17, 15) is 10.1 Å². The van der Waals surface area contributed by atoms with Crippen LogP contribution in [0.5, 0.6) is 11.5 Å². The lowest BCUT2D eigenvalue weighted by Crippen LogP contribution is -2.01. The van der Waals surface area contributed by atoms with Gasteiger partial charge in [-0.05, 0) is 32.4 Å². The molecule has 3 aromatic rings. The second-order valence-electron chi connectivity index (χ2n) is 6.49. The van der Waals surface area contributed by atoms with Crippen molar-refractivity contribution in [3.63, 3.8) is 0 Å². The molecule has 156 valence electrons. The first-order chi connectivity index (χ1) is 14.4. The molecule has 1 heterocycles. The van der Waals surface area contributed by atoms with E-state index in [4.69, 9.17) is 9.47 Å². The summed E-state index contributed by atoms with van der Waals surface area (Å²) in [7, 11) is 1.37. The van der Waals surface area contributed by atoms with Crippen LogP contribution >= 0.6 is 11.3 Å². The molecular formula is C21H22N4O4S. The van der Waals surface area contributed by atoms with Crippen molar-refractivity contribution in [3.8, 4) is 22.8 Å². The lowest BCUT2D eigenvalue weighted by molar-refractivity contribution is -0.385. The molecule has 1 aromatic heterocycles. The van der Waals surface area contributed by atoms with Crippen molar-refractivity contribution < 1.29 is 14.4 Å². The Bertz CT molecular complexity index is 1090. The van der Waals surface area contributed by atoms with Crippen molar-refractivity contribution in [2.75, 3.05) is 19.1 Å². The molecule has 2 aromatic carbocycles. The number of aryl methyl sites for hydroxylation is 2. The van der Waals surface area contributed by atoms with Gasteiger partial charge in [-0.15, -0.1) is 11.3 Å². The predicted molar refractivity (Wildman–Crippen MR) is 119 cm³/mol. The number of nitrogens with zero attached hydrogens (tertiary/aromatic N) is 3. The molecule has 0 amide bonds. The van der Waals surface area contributed by atoms with Crippen LogP contribution < -0.4 is 14.9 Å². The van der Waals surface area contributed by atoms with Gasteiger partial charge in [-0.2, -0.15) is 5.10 Å². The zero-order valence-corrected chi connectivity index (χ0v) is 17.9. The zero-order chi connectivity index (χ0) is 21.7. The van der Waals surface area contributed by atoms with Crippen LogP contribution in [0.1, 0.15) is 23.6 Å². The number of benzene rings is 2. The van der Waals surface area contributed by atoms with Crippen LogP contribution in [0, 0.1) is 24.0 Å². The standard InChI is InChI=1S/C21H22N4O4S/c1-5-29-19-10-15(9-18(25(26)27)20(19)28-4)11-22-24-21-23-17(12-30-21)16-7-6-13(2)8-14(16)3/h6-12H,5H2,1-4H3,(H,23,24)/b22-11-. The topological polar surface area (TPSA) is 98.9 Å². The lowest BCUT2D eigenvalue weighted by atomic mass is 10.0. The summed E-state index contributed by atoms with van der Waals surface area (Å²) in [5.74, 6) is 0.382. The summed E-state index contributed by atoms with van der Waals surface area (Å²) in [5.41, 5.74) is 7.50. The van der Waals surface area contributed by atoms with Gasteiger partial charge in [0, 0.05) is 22.6 Å². The Balaban J connectivity index is 1.80. The summed E-state index contributed by atoms with van der Waals surface area (Å²) >= 11 is 1.43. The molecular weight excluding hydrogens is 404 g/mol. The van der Waals surface area contributed by atoms with Gasteiger partial charge in [0.05, 0.1) is 30.5 Å². The van der Waals surface area contributed by atoms with Crippen LogP contribution in [0.25, 0.3) is 11.3 Å². The number of hydrogen-bond donors (Lipinski definition) is 1.